The van der Waals surface area contributed by atoms with Crippen LogP contribution in [-0.4, -0.2) is 44.9 Å². The van der Waals surface area contributed by atoms with Crippen molar-refractivity contribution in [3.05, 3.63) is 12.2 Å². The summed E-state index contributed by atoms with van der Waals surface area (Å²) in [6.07, 6.45) is 1.43. The van der Waals surface area contributed by atoms with Crippen molar-refractivity contribution in [1.29, 1.82) is 0 Å². The number of ether oxygens (including phenoxy) is 1. The standard InChI is InChI=1S/C11H24NO.ClH/c1-7-11(8-12(4,5)6)13-9-10(2)3;/h11H,2,7-9H2,1,3-6H3;1H/q+1;/p-1. The first-order valence-corrected chi connectivity index (χ1v) is 4.91. The molecule has 0 spiro atoms. The van der Waals surface area contributed by atoms with E-state index in [1.165, 1.54) is 0 Å². The van der Waals surface area contributed by atoms with Gasteiger partial charge in [-0.2, -0.15) is 0 Å². The summed E-state index contributed by atoms with van der Waals surface area (Å²) in [5.74, 6) is 0. The molecule has 0 aliphatic rings. The summed E-state index contributed by atoms with van der Waals surface area (Å²) in [7, 11) is 6.56. The van der Waals surface area contributed by atoms with E-state index in [4.69, 9.17) is 4.74 Å². The lowest BCUT2D eigenvalue weighted by molar-refractivity contribution is -0.873. The molecule has 0 aliphatic heterocycles. The molecule has 2 nitrogen and oxygen atoms in total. The number of halogens is 1. The first-order valence-electron chi connectivity index (χ1n) is 4.91. The van der Waals surface area contributed by atoms with Gasteiger partial charge in [0.1, 0.15) is 12.6 Å². The average molecular weight is 222 g/mol. The topological polar surface area (TPSA) is 9.23 Å². The molecule has 0 aromatic carbocycles. The highest BCUT2D eigenvalue weighted by molar-refractivity contribution is 4.87. The van der Waals surface area contributed by atoms with Crippen LogP contribution in [0.5, 0.6) is 0 Å². The van der Waals surface area contributed by atoms with E-state index in [0.717, 1.165) is 23.0 Å². The fourth-order valence-electron chi connectivity index (χ4n) is 1.17. The van der Waals surface area contributed by atoms with Gasteiger partial charge in [-0.05, 0) is 13.3 Å². The number of hydrogen-bond acceptors (Lipinski definition) is 1. The van der Waals surface area contributed by atoms with Crippen LogP contribution in [0.4, 0.5) is 0 Å². The van der Waals surface area contributed by atoms with Crippen LogP contribution in [0, 0.1) is 0 Å². The Kier molecular flexibility index (Phi) is 8.51. The number of hydrogen-bond donors (Lipinski definition) is 0. The minimum absolute atomic E-state index is 0. The van der Waals surface area contributed by atoms with Gasteiger partial charge in [0.05, 0.1) is 27.7 Å². The van der Waals surface area contributed by atoms with Gasteiger partial charge < -0.3 is 21.6 Å². The molecule has 0 saturated carbocycles. The van der Waals surface area contributed by atoms with Gasteiger partial charge in [0.2, 0.25) is 0 Å². The lowest BCUT2D eigenvalue weighted by Crippen LogP contribution is -3.00. The summed E-state index contributed by atoms with van der Waals surface area (Å²) >= 11 is 0. The zero-order valence-electron chi connectivity index (χ0n) is 10.1. The maximum absolute atomic E-state index is 5.71. The number of rotatable bonds is 6. The van der Waals surface area contributed by atoms with Gasteiger partial charge in [0.15, 0.2) is 0 Å². The van der Waals surface area contributed by atoms with E-state index in [0.29, 0.717) is 12.7 Å². The Bertz CT molecular complexity index is 163. The van der Waals surface area contributed by atoms with Crippen molar-refractivity contribution in [2.75, 3.05) is 34.3 Å². The highest BCUT2D eigenvalue weighted by Crippen LogP contribution is 2.05. The predicted molar refractivity (Wildman–Crippen MR) is 57.7 cm³/mol. The van der Waals surface area contributed by atoms with Crippen LogP contribution in [0.15, 0.2) is 12.2 Å². The Morgan fingerprint density at radius 2 is 1.86 bits per heavy atom. The molecule has 0 rings (SSSR count). The molecular formula is C11H24ClNO. The van der Waals surface area contributed by atoms with E-state index >= 15 is 0 Å². The Morgan fingerprint density at radius 3 is 2.14 bits per heavy atom. The van der Waals surface area contributed by atoms with E-state index in [1.54, 1.807) is 0 Å². The molecule has 0 fully saturated rings. The summed E-state index contributed by atoms with van der Waals surface area (Å²) < 4.78 is 6.67. The number of nitrogens with zero attached hydrogens (tertiary/aromatic N) is 1. The van der Waals surface area contributed by atoms with Crippen LogP contribution < -0.4 is 12.4 Å². The van der Waals surface area contributed by atoms with Crippen LogP contribution in [0.2, 0.25) is 0 Å². The molecule has 0 heterocycles. The summed E-state index contributed by atoms with van der Waals surface area (Å²) in [4.78, 5) is 0. The van der Waals surface area contributed by atoms with E-state index in [1.807, 2.05) is 6.92 Å². The second kappa shape index (κ2) is 7.27. The molecule has 0 radical (unpaired) electrons. The molecule has 0 bridgehead atoms. The SMILES string of the molecule is C=C(C)COC(CC)C[N+](C)(C)C.[Cl-]. The summed E-state index contributed by atoms with van der Waals surface area (Å²) in [5.41, 5.74) is 1.10. The summed E-state index contributed by atoms with van der Waals surface area (Å²) in [6.45, 7) is 9.74. The molecule has 0 aromatic rings. The maximum Gasteiger partial charge on any atom is 0.107 e. The third-order valence-corrected chi connectivity index (χ3v) is 1.77. The number of quaternary nitrogens is 1. The molecule has 14 heavy (non-hydrogen) atoms. The fraction of sp³-hybridized carbons (Fsp3) is 0.818. The molecule has 0 aromatic heterocycles. The molecular weight excluding hydrogens is 198 g/mol. The van der Waals surface area contributed by atoms with E-state index < -0.39 is 0 Å². The Hall–Kier alpha value is -0.0500. The molecule has 86 valence electrons. The van der Waals surface area contributed by atoms with Crippen LogP contribution in [-0.2, 0) is 4.74 Å². The first kappa shape index (κ1) is 16.4. The third kappa shape index (κ3) is 10.0. The molecule has 0 N–H and O–H groups in total. The largest absolute Gasteiger partial charge is 1.00 e. The highest BCUT2D eigenvalue weighted by atomic mass is 35.5. The van der Waals surface area contributed by atoms with Crippen molar-refractivity contribution >= 4 is 0 Å². The van der Waals surface area contributed by atoms with Crippen molar-refractivity contribution < 1.29 is 21.6 Å². The van der Waals surface area contributed by atoms with E-state index in [2.05, 4.69) is 34.6 Å². The molecule has 0 amide bonds. The number of likely N-dealkylation sites (N-methyl/N-ethyl adjacent to an activating group) is 1. The average Bonchev–Trinajstić information content (AvgIpc) is 1.95. The fourth-order valence-corrected chi connectivity index (χ4v) is 1.17. The van der Waals surface area contributed by atoms with Gasteiger partial charge in [-0.25, -0.2) is 0 Å². The van der Waals surface area contributed by atoms with Crippen molar-refractivity contribution in [2.45, 2.75) is 26.4 Å². The lowest BCUT2D eigenvalue weighted by atomic mass is 10.2. The van der Waals surface area contributed by atoms with E-state index in [-0.39, 0.29) is 12.4 Å². The van der Waals surface area contributed by atoms with Gasteiger partial charge in [-0.1, -0.05) is 19.1 Å². The quantitative estimate of drug-likeness (QED) is 0.416. The Labute approximate surface area is 94.9 Å². The zero-order valence-corrected chi connectivity index (χ0v) is 10.9. The minimum atomic E-state index is 0. The molecule has 0 saturated heterocycles. The Morgan fingerprint density at radius 1 is 1.36 bits per heavy atom. The van der Waals surface area contributed by atoms with Crippen LogP contribution in [0.25, 0.3) is 0 Å². The molecule has 0 aliphatic carbocycles. The molecule has 3 heteroatoms. The monoisotopic (exact) mass is 221 g/mol. The van der Waals surface area contributed by atoms with Gasteiger partial charge >= 0.3 is 0 Å². The third-order valence-electron chi connectivity index (χ3n) is 1.77. The predicted octanol–water partition coefficient (Wildman–Crippen LogP) is -0.932. The van der Waals surface area contributed by atoms with Crippen molar-refractivity contribution in [1.82, 2.24) is 0 Å². The summed E-state index contributed by atoms with van der Waals surface area (Å²) in [5, 5.41) is 0. The van der Waals surface area contributed by atoms with Crippen molar-refractivity contribution in [2.24, 2.45) is 0 Å². The normalized spacial score (nSPS) is 13.2. The zero-order chi connectivity index (χ0) is 10.5. The van der Waals surface area contributed by atoms with Gasteiger partial charge in [-0.15, -0.1) is 0 Å². The smallest absolute Gasteiger partial charge is 0.107 e. The Balaban J connectivity index is 0. The highest BCUT2D eigenvalue weighted by Gasteiger charge is 2.16. The van der Waals surface area contributed by atoms with Gasteiger partial charge in [0, 0.05) is 0 Å². The molecule has 1 atom stereocenters. The van der Waals surface area contributed by atoms with Crippen LogP contribution in [0.1, 0.15) is 20.3 Å². The van der Waals surface area contributed by atoms with Crippen LogP contribution >= 0.6 is 0 Å². The van der Waals surface area contributed by atoms with E-state index in [9.17, 15) is 0 Å². The van der Waals surface area contributed by atoms with Crippen LogP contribution in [0.3, 0.4) is 0 Å². The second-order valence-corrected chi connectivity index (χ2v) is 4.77. The lowest BCUT2D eigenvalue weighted by Gasteiger charge is -2.28. The first-order chi connectivity index (χ1) is 5.85. The molecule has 1 unspecified atom stereocenters. The van der Waals surface area contributed by atoms with Gasteiger partial charge in [0.25, 0.3) is 0 Å². The van der Waals surface area contributed by atoms with Crippen molar-refractivity contribution in [3.63, 3.8) is 0 Å². The summed E-state index contributed by atoms with van der Waals surface area (Å²) in [6, 6.07) is 0. The maximum atomic E-state index is 5.71. The second-order valence-electron chi connectivity index (χ2n) is 4.77. The minimum Gasteiger partial charge on any atom is -1.00 e. The van der Waals surface area contributed by atoms with Crippen molar-refractivity contribution in [3.8, 4) is 0 Å². The van der Waals surface area contributed by atoms with Gasteiger partial charge in [-0.3, -0.25) is 0 Å².